The maximum atomic E-state index is 9.90. The Balaban J connectivity index is 1.74. The molecule has 1 heterocycles. The number of aliphatic imine (C=N–C) groups is 1. The lowest BCUT2D eigenvalue weighted by molar-refractivity contribution is 0.0670. The van der Waals surface area contributed by atoms with Gasteiger partial charge in [0.05, 0.1) is 19.8 Å². The summed E-state index contributed by atoms with van der Waals surface area (Å²) < 4.78 is 10.8. The molecule has 6 nitrogen and oxygen atoms in total. The third kappa shape index (κ3) is 5.24. The fourth-order valence-electron chi connectivity index (χ4n) is 2.04. The highest BCUT2D eigenvalue weighted by Gasteiger charge is 2.13. The first kappa shape index (κ1) is 15.6. The number of nitrogens with zero attached hydrogens (tertiary/aromatic N) is 2. The Labute approximate surface area is 125 Å². The normalized spacial score (nSPS) is 17.6. The van der Waals surface area contributed by atoms with Crippen LogP contribution in [-0.4, -0.2) is 61.5 Å². The highest BCUT2D eigenvalue weighted by molar-refractivity contribution is 5.78. The number of nitrogens with two attached hydrogens (primary N) is 1. The van der Waals surface area contributed by atoms with Gasteiger partial charge in [-0.05, 0) is 24.6 Å². The molecular weight excluding hydrogens is 270 g/mol. The van der Waals surface area contributed by atoms with Crippen molar-refractivity contribution in [3.8, 4) is 5.75 Å². The average molecular weight is 293 g/mol. The van der Waals surface area contributed by atoms with Gasteiger partial charge in [-0.25, -0.2) is 0 Å². The number of ether oxygens (including phenoxy) is 2. The molecule has 0 aliphatic carbocycles. The molecule has 1 saturated heterocycles. The van der Waals surface area contributed by atoms with Gasteiger partial charge >= 0.3 is 0 Å². The molecule has 1 fully saturated rings. The van der Waals surface area contributed by atoms with E-state index in [0.29, 0.717) is 19.2 Å². The number of aryl methyl sites for hydroxylation is 1. The quantitative estimate of drug-likeness (QED) is 0.606. The summed E-state index contributed by atoms with van der Waals surface area (Å²) >= 11 is 0. The number of rotatable bonds is 5. The molecule has 1 aliphatic heterocycles. The highest BCUT2D eigenvalue weighted by atomic mass is 16.5. The Morgan fingerprint density at radius 2 is 2.24 bits per heavy atom. The number of benzene rings is 1. The molecule has 0 amide bonds. The Bertz CT molecular complexity index is 473. The van der Waals surface area contributed by atoms with E-state index in [9.17, 15) is 5.11 Å². The number of aliphatic hydroxyl groups excluding tert-OH is 1. The topological polar surface area (TPSA) is 80.3 Å². The molecule has 1 aromatic rings. The standard InChI is InChI=1S/C15H23N3O3/c1-12-3-2-4-14(9-12)21-11-13(19)10-17-15(16)18-5-7-20-8-6-18/h2-4,9,13,19H,5-8,10-11H2,1H3,(H2,16,17). The fraction of sp³-hybridized carbons (Fsp3) is 0.533. The average Bonchev–Trinajstić information content (AvgIpc) is 2.51. The highest BCUT2D eigenvalue weighted by Crippen LogP contribution is 2.12. The summed E-state index contributed by atoms with van der Waals surface area (Å²) in [5.74, 6) is 1.20. The third-order valence-electron chi connectivity index (χ3n) is 3.23. The van der Waals surface area contributed by atoms with Crippen LogP contribution in [0.1, 0.15) is 5.56 Å². The van der Waals surface area contributed by atoms with Gasteiger partial charge in [-0.2, -0.15) is 0 Å². The monoisotopic (exact) mass is 293 g/mol. The van der Waals surface area contributed by atoms with E-state index >= 15 is 0 Å². The molecule has 0 radical (unpaired) electrons. The molecule has 21 heavy (non-hydrogen) atoms. The van der Waals surface area contributed by atoms with E-state index in [2.05, 4.69) is 4.99 Å². The first-order valence-corrected chi connectivity index (χ1v) is 7.15. The Kier molecular flexibility index (Phi) is 5.83. The molecule has 0 aromatic heterocycles. The molecule has 6 heteroatoms. The van der Waals surface area contributed by atoms with Gasteiger partial charge in [0, 0.05) is 13.1 Å². The summed E-state index contributed by atoms with van der Waals surface area (Å²) in [6.07, 6.45) is -0.676. The zero-order chi connectivity index (χ0) is 15.1. The van der Waals surface area contributed by atoms with Crippen molar-refractivity contribution in [1.82, 2.24) is 4.90 Å². The van der Waals surface area contributed by atoms with Crippen molar-refractivity contribution in [3.63, 3.8) is 0 Å². The van der Waals surface area contributed by atoms with Crippen molar-refractivity contribution in [2.24, 2.45) is 10.7 Å². The van der Waals surface area contributed by atoms with Crippen molar-refractivity contribution in [2.45, 2.75) is 13.0 Å². The number of morpholine rings is 1. The smallest absolute Gasteiger partial charge is 0.191 e. The van der Waals surface area contributed by atoms with Crippen LogP contribution in [0.4, 0.5) is 0 Å². The van der Waals surface area contributed by atoms with Gasteiger partial charge in [-0.3, -0.25) is 4.99 Å². The SMILES string of the molecule is Cc1cccc(OCC(O)CN=C(N)N2CCOCC2)c1. The van der Waals surface area contributed by atoms with Crippen molar-refractivity contribution in [2.75, 3.05) is 39.5 Å². The molecule has 3 N–H and O–H groups in total. The maximum absolute atomic E-state index is 9.90. The van der Waals surface area contributed by atoms with Gasteiger partial charge in [-0.1, -0.05) is 12.1 Å². The molecular formula is C15H23N3O3. The second-order valence-corrected chi connectivity index (χ2v) is 5.08. The van der Waals surface area contributed by atoms with E-state index < -0.39 is 6.10 Å². The minimum atomic E-state index is -0.676. The fourth-order valence-corrected chi connectivity index (χ4v) is 2.04. The number of hydrogen-bond donors (Lipinski definition) is 2. The predicted octanol–water partition coefficient (Wildman–Crippen LogP) is 0.382. The van der Waals surface area contributed by atoms with Crippen LogP contribution in [0.5, 0.6) is 5.75 Å². The summed E-state index contributed by atoms with van der Waals surface area (Å²) in [5, 5.41) is 9.90. The summed E-state index contributed by atoms with van der Waals surface area (Å²) in [7, 11) is 0. The van der Waals surface area contributed by atoms with Crippen LogP contribution in [0.2, 0.25) is 0 Å². The lowest BCUT2D eigenvalue weighted by Gasteiger charge is -2.27. The predicted molar refractivity (Wildman–Crippen MR) is 81.6 cm³/mol. The number of hydrogen-bond acceptors (Lipinski definition) is 4. The Morgan fingerprint density at radius 3 is 2.95 bits per heavy atom. The second-order valence-electron chi connectivity index (χ2n) is 5.08. The third-order valence-corrected chi connectivity index (χ3v) is 3.23. The van der Waals surface area contributed by atoms with Crippen LogP contribution >= 0.6 is 0 Å². The van der Waals surface area contributed by atoms with Crippen LogP contribution in [0.15, 0.2) is 29.3 Å². The first-order chi connectivity index (χ1) is 10.1. The molecule has 116 valence electrons. The van der Waals surface area contributed by atoms with E-state index in [4.69, 9.17) is 15.2 Å². The number of aliphatic hydroxyl groups is 1. The van der Waals surface area contributed by atoms with Crippen LogP contribution in [0.25, 0.3) is 0 Å². The summed E-state index contributed by atoms with van der Waals surface area (Å²) in [6.45, 7) is 5.23. The molecule has 2 rings (SSSR count). The maximum Gasteiger partial charge on any atom is 0.191 e. The molecule has 1 unspecified atom stereocenters. The van der Waals surface area contributed by atoms with Crippen molar-refractivity contribution >= 4 is 5.96 Å². The Hall–Kier alpha value is -1.79. The molecule has 1 aliphatic rings. The molecule has 0 spiro atoms. The number of guanidine groups is 1. The van der Waals surface area contributed by atoms with Gasteiger partial charge in [-0.15, -0.1) is 0 Å². The van der Waals surface area contributed by atoms with Crippen molar-refractivity contribution in [1.29, 1.82) is 0 Å². The van der Waals surface area contributed by atoms with Gasteiger partial charge in [0.15, 0.2) is 5.96 Å². The second kappa shape index (κ2) is 7.85. The van der Waals surface area contributed by atoms with Gasteiger partial charge < -0.3 is 25.2 Å². The van der Waals surface area contributed by atoms with Crippen molar-refractivity contribution in [3.05, 3.63) is 29.8 Å². The van der Waals surface area contributed by atoms with E-state index in [0.717, 1.165) is 24.4 Å². The van der Waals surface area contributed by atoms with Crippen LogP contribution in [-0.2, 0) is 4.74 Å². The van der Waals surface area contributed by atoms with E-state index in [1.807, 2.05) is 36.1 Å². The molecule has 1 aromatic carbocycles. The minimum Gasteiger partial charge on any atom is -0.491 e. The van der Waals surface area contributed by atoms with E-state index in [1.165, 1.54) is 0 Å². The van der Waals surface area contributed by atoms with Crippen molar-refractivity contribution < 1.29 is 14.6 Å². The minimum absolute atomic E-state index is 0.198. The van der Waals surface area contributed by atoms with Gasteiger partial charge in [0.2, 0.25) is 0 Å². The Morgan fingerprint density at radius 1 is 1.48 bits per heavy atom. The largest absolute Gasteiger partial charge is 0.491 e. The molecule has 0 bridgehead atoms. The van der Waals surface area contributed by atoms with Crippen LogP contribution < -0.4 is 10.5 Å². The van der Waals surface area contributed by atoms with Gasteiger partial charge in [0.25, 0.3) is 0 Å². The van der Waals surface area contributed by atoms with Crippen LogP contribution in [0, 0.1) is 6.92 Å². The van der Waals surface area contributed by atoms with Crippen LogP contribution in [0.3, 0.4) is 0 Å². The molecule has 1 atom stereocenters. The van der Waals surface area contributed by atoms with Gasteiger partial charge in [0.1, 0.15) is 18.5 Å². The van der Waals surface area contributed by atoms with E-state index in [-0.39, 0.29) is 13.2 Å². The summed E-state index contributed by atoms with van der Waals surface area (Å²) in [5.41, 5.74) is 7.01. The van der Waals surface area contributed by atoms with E-state index in [1.54, 1.807) is 0 Å². The summed E-state index contributed by atoms with van der Waals surface area (Å²) in [4.78, 5) is 6.17. The lowest BCUT2D eigenvalue weighted by atomic mass is 10.2. The summed E-state index contributed by atoms with van der Waals surface area (Å²) in [6, 6.07) is 7.71. The lowest BCUT2D eigenvalue weighted by Crippen LogP contribution is -2.45. The zero-order valence-electron chi connectivity index (χ0n) is 12.4. The first-order valence-electron chi connectivity index (χ1n) is 7.15. The zero-order valence-corrected chi connectivity index (χ0v) is 12.4. The molecule has 0 saturated carbocycles.